The predicted molar refractivity (Wildman–Crippen MR) is 97.4 cm³/mol. The Kier molecular flexibility index (Phi) is 6.46. The van der Waals surface area contributed by atoms with Gasteiger partial charge in [0.05, 0.1) is 16.5 Å². The highest BCUT2D eigenvalue weighted by atomic mass is 16.6. The van der Waals surface area contributed by atoms with E-state index in [-0.39, 0.29) is 28.5 Å². The van der Waals surface area contributed by atoms with Gasteiger partial charge in [0.1, 0.15) is 0 Å². The summed E-state index contributed by atoms with van der Waals surface area (Å²) in [5, 5.41) is 35.2. The predicted octanol–water partition coefficient (Wildman–Crippen LogP) is 1.35. The fraction of sp³-hybridized carbons (Fsp3) is 0.625. The second-order valence-corrected chi connectivity index (χ2v) is 6.64. The van der Waals surface area contributed by atoms with Crippen molar-refractivity contribution < 1.29 is 15.0 Å². The summed E-state index contributed by atoms with van der Waals surface area (Å²) in [6.45, 7) is 6.98. The molecule has 0 bridgehead atoms. The van der Waals surface area contributed by atoms with Crippen molar-refractivity contribution in [2.24, 2.45) is 0 Å². The molecule has 1 fully saturated rings. The second-order valence-electron chi connectivity index (χ2n) is 6.64. The maximum atomic E-state index is 11.5. The Hall–Kier alpha value is -2.30. The lowest BCUT2D eigenvalue weighted by Gasteiger charge is -2.36. The number of rotatable bonds is 7. The monoisotopic (exact) mass is 367 g/mol. The van der Waals surface area contributed by atoms with Crippen LogP contribution in [0.15, 0.2) is 6.07 Å². The molecule has 2 rings (SSSR count). The summed E-state index contributed by atoms with van der Waals surface area (Å²) >= 11 is 0. The SMILES string of the molecule is Cc1c(CO)cc([N+](=O)[O-])c(NCC(C)N2CCN(C)CC2)c1[N+](=O)[O-]. The molecule has 0 spiro atoms. The number of anilines is 1. The number of aliphatic hydroxyl groups excluding tert-OH is 1. The highest BCUT2D eigenvalue weighted by Crippen LogP contribution is 2.39. The number of likely N-dealkylation sites (N-methyl/N-ethyl adjacent to an activating group) is 1. The molecule has 2 N–H and O–H groups in total. The minimum absolute atomic E-state index is 0.0701. The van der Waals surface area contributed by atoms with E-state index in [0.29, 0.717) is 6.54 Å². The van der Waals surface area contributed by atoms with Crippen LogP contribution in [0.4, 0.5) is 17.1 Å². The Morgan fingerprint density at radius 1 is 1.23 bits per heavy atom. The van der Waals surface area contributed by atoms with Crippen molar-refractivity contribution in [1.29, 1.82) is 0 Å². The fourth-order valence-corrected chi connectivity index (χ4v) is 3.16. The van der Waals surface area contributed by atoms with E-state index in [0.717, 1.165) is 26.2 Å². The molecule has 1 saturated heterocycles. The van der Waals surface area contributed by atoms with Crippen molar-refractivity contribution in [3.63, 3.8) is 0 Å². The van der Waals surface area contributed by atoms with Gasteiger partial charge >= 0.3 is 5.69 Å². The molecule has 0 aliphatic carbocycles. The van der Waals surface area contributed by atoms with Gasteiger partial charge < -0.3 is 15.3 Å². The van der Waals surface area contributed by atoms with E-state index < -0.39 is 22.1 Å². The van der Waals surface area contributed by atoms with Gasteiger partial charge in [0.15, 0.2) is 5.69 Å². The molecule has 0 amide bonds. The first kappa shape index (κ1) is 20.0. The summed E-state index contributed by atoms with van der Waals surface area (Å²) in [4.78, 5) is 26.1. The zero-order valence-electron chi connectivity index (χ0n) is 15.3. The van der Waals surface area contributed by atoms with Gasteiger partial charge in [0.2, 0.25) is 0 Å². The third-order valence-electron chi connectivity index (χ3n) is 4.93. The van der Waals surface area contributed by atoms with Gasteiger partial charge in [-0.2, -0.15) is 0 Å². The first-order valence-corrected chi connectivity index (χ1v) is 8.48. The second kappa shape index (κ2) is 8.39. The molecule has 1 aromatic rings. The average Bonchev–Trinajstić information content (AvgIpc) is 2.59. The molecule has 10 heteroatoms. The summed E-state index contributed by atoms with van der Waals surface area (Å²) < 4.78 is 0. The van der Waals surface area contributed by atoms with Gasteiger partial charge in [0.25, 0.3) is 5.69 Å². The van der Waals surface area contributed by atoms with Crippen LogP contribution >= 0.6 is 0 Å². The van der Waals surface area contributed by atoms with Gasteiger partial charge in [-0.15, -0.1) is 0 Å². The van der Waals surface area contributed by atoms with E-state index in [1.54, 1.807) is 0 Å². The van der Waals surface area contributed by atoms with E-state index in [2.05, 4.69) is 22.2 Å². The van der Waals surface area contributed by atoms with Gasteiger partial charge in [-0.05, 0) is 26.5 Å². The van der Waals surface area contributed by atoms with Crippen molar-refractivity contribution >= 4 is 17.1 Å². The minimum atomic E-state index is -0.658. The Morgan fingerprint density at radius 3 is 2.35 bits per heavy atom. The number of benzene rings is 1. The highest BCUT2D eigenvalue weighted by molar-refractivity contribution is 5.77. The van der Waals surface area contributed by atoms with E-state index in [1.807, 2.05) is 6.92 Å². The zero-order valence-corrected chi connectivity index (χ0v) is 15.3. The number of nitro benzene ring substituents is 2. The van der Waals surface area contributed by atoms with Crippen molar-refractivity contribution in [2.75, 3.05) is 45.1 Å². The lowest BCUT2D eigenvalue weighted by Crippen LogP contribution is -2.49. The topological polar surface area (TPSA) is 125 Å². The first-order valence-electron chi connectivity index (χ1n) is 8.48. The standard InChI is InChI=1S/C16H25N5O5/c1-11(19-6-4-18(3)5-7-19)9-17-15-14(20(23)24)8-13(10-22)12(2)16(15)21(25)26/h8,11,17,22H,4-7,9-10H2,1-3H3. The minimum Gasteiger partial charge on any atom is -0.392 e. The number of hydrogen-bond donors (Lipinski definition) is 2. The molecule has 0 radical (unpaired) electrons. The van der Waals surface area contributed by atoms with Crippen molar-refractivity contribution in [2.45, 2.75) is 26.5 Å². The van der Waals surface area contributed by atoms with Crippen molar-refractivity contribution in [3.05, 3.63) is 37.4 Å². The molecule has 1 heterocycles. The van der Waals surface area contributed by atoms with Crippen LogP contribution in [0.1, 0.15) is 18.1 Å². The summed E-state index contributed by atoms with van der Waals surface area (Å²) in [7, 11) is 2.05. The van der Waals surface area contributed by atoms with Crippen molar-refractivity contribution in [1.82, 2.24) is 9.80 Å². The largest absolute Gasteiger partial charge is 0.392 e. The lowest BCUT2D eigenvalue weighted by atomic mass is 10.0. The number of hydrogen-bond acceptors (Lipinski definition) is 8. The molecule has 26 heavy (non-hydrogen) atoms. The molecule has 1 unspecified atom stereocenters. The molecule has 10 nitrogen and oxygen atoms in total. The van der Waals surface area contributed by atoms with Crippen LogP contribution in [0.5, 0.6) is 0 Å². The van der Waals surface area contributed by atoms with Gasteiger partial charge in [-0.1, -0.05) is 0 Å². The Morgan fingerprint density at radius 2 is 1.85 bits per heavy atom. The number of nitro groups is 2. The third-order valence-corrected chi connectivity index (χ3v) is 4.93. The molecule has 144 valence electrons. The van der Waals surface area contributed by atoms with E-state index in [4.69, 9.17) is 0 Å². The van der Waals surface area contributed by atoms with Crippen LogP contribution < -0.4 is 5.32 Å². The normalized spacial score (nSPS) is 17.1. The molecule has 1 atom stereocenters. The van der Waals surface area contributed by atoms with Crippen molar-refractivity contribution in [3.8, 4) is 0 Å². The summed E-state index contributed by atoms with van der Waals surface area (Å²) in [5.74, 6) is 0. The summed E-state index contributed by atoms with van der Waals surface area (Å²) in [5.41, 5.74) is -0.430. The lowest BCUT2D eigenvalue weighted by molar-refractivity contribution is -0.392. The molecule has 1 aromatic carbocycles. The third kappa shape index (κ3) is 4.26. The smallest absolute Gasteiger partial charge is 0.302 e. The first-order chi connectivity index (χ1) is 12.3. The van der Waals surface area contributed by atoms with Gasteiger partial charge in [-0.3, -0.25) is 25.1 Å². The molecule has 1 aliphatic rings. The summed E-state index contributed by atoms with van der Waals surface area (Å²) in [6.07, 6.45) is 0. The van der Waals surface area contributed by atoms with Crippen LogP contribution in [0.2, 0.25) is 0 Å². The van der Waals surface area contributed by atoms with Crippen LogP contribution in [0.25, 0.3) is 0 Å². The fourth-order valence-electron chi connectivity index (χ4n) is 3.16. The quantitative estimate of drug-likeness (QED) is 0.546. The highest BCUT2D eigenvalue weighted by Gasteiger charge is 2.30. The molecule has 0 saturated carbocycles. The molecule has 0 aromatic heterocycles. The van der Waals surface area contributed by atoms with Gasteiger partial charge in [0, 0.05) is 50.4 Å². The molecule has 1 aliphatic heterocycles. The van der Waals surface area contributed by atoms with Crippen LogP contribution in [-0.4, -0.2) is 70.6 Å². The summed E-state index contributed by atoms with van der Waals surface area (Å²) in [6, 6.07) is 1.27. The van der Waals surface area contributed by atoms with Crippen LogP contribution in [0.3, 0.4) is 0 Å². The average molecular weight is 367 g/mol. The number of nitrogens with zero attached hydrogens (tertiary/aromatic N) is 4. The maximum absolute atomic E-state index is 11.5. The van der Waals surface area contributed by atoms with Crippen LogP contribution in [0, 0.1) is 27.2 Å². The molecular weight excluding hydrogens is 342 g/mol. The number of aliphatic hydroxyl groups is 1. The van der Waals surface area contributed by atoms with E-state index in [1.165, 1.54) is 13.0 Å². The van der Waals surface area contributed by atoms with E-state index in [9.17, 15) is 25.3 Å². The molecular formula is C16H25N5O5. The van der Waals surface area contributed by atoms with Gasteiger partial charge in [-0.25, -0.2) is 0 Å². The van der Waals surface area contributed by atoms with Crippen LogP contribution in [-0.2, 0) is 6.61 Å². The number of nitrogens with one attached hydrogen (secondary N) is 1. The Labute approximate surface area is 151 Å². The zero-order chi connectivity index (χ0) is 19.4. The van der Waals surface area contributed by atoms with E-state index >= 15 is 0 Å². The Balaban J connectivity index is 2.28. The maximum Gasteiger partial charge on any atom is 0.302 e. The Bertz CT molecular complexity index is 688. The number of piperazine rings is 1.